The molecule has 0 saturated carbocycles. The molecule has 8 nitrogen and oxygen atoms in total. The maximum Gasteiger partial charge on any atom is 0.310 e. The summed E-state index contributed by atoms with van der Waals surface area (Å²) >= 11 is 0. The molecule has 1 saturated heterocycles. The second-order valence-corrected chi connectivity index (χ2v) is 7.05. The maximum atomic E-state index is 12.0. The van der Waals surface area contributed by atoms with Gasteiger partial charge in [-0.1, -0.05) is 6.92 Å². The average molecular weight is 380 g/mol. The Kier molecular flexibility index (Phi) is 7.65. The zero-order chi connectivity index (χ0) is 20.0. The zero-order valence-corrected chi connectivity index (χ0v) is 17.4. The van der Waals surface area contributed by atoms with E-state index in [2.05, 4.69) is 29.2 Å². The molecule has 2 atom stereocenters. The van der Waals surface area contributed by atoms with Crippen LogP contribution >= 0.6 is 0 Å². The third-order valence-electron chi connectivity index (χ3n) is 5.18. The molecule has 1 aromatic rings. The molecule has 152 valence electrons. The molecular weight excluding hydrogens is 346 g/mol. The maximum absolute atomic E-state index is 12.0. The lowest BCUT2D eigenvalue weighted by atomic mass is 9.99. The van der Waals surface area contributed by atoms with Crippen LogP contribution in [0.2, 0.25) is 0 Å². The predicted molar refractivity (Wildman–Crippen MR) is 105 cm³/mol. The van der Waals surface area contributed by atoms with Gasteiger partial charge in [0.15, 0.2) is 5.96 Å². The minimum Gasteiger partial charge on any atom is -0.469 e. The van der Waals surface area contributed by atoms with Crippen molar-refractivity contribution >= 4 is 11.9 Å². The summed E-state index contributed by atoms with van der Waals surface area (Å²) in [4.78, 5) is 19.0. The summed E-state index contributed by atoms with van der Waals surface area (Å²) in [5, 5.41) is 7.95. The van der Waals surface area contributed by atoms with E-state index < -0.39 is 0 Å². The van der Waals surface area contributed by atoms with Gasteiger partial charge < -0.3 is 19.7 Å². The van der Waals surface area contributed by atoms with E-state index >= 15 is 0 Å². The summed E-state index contributed by atoms with van der Waals surface area (Å²) in [6.45, 7) is 12.3. The molecule has 0 spiro atoms. The fourth-order valence-electron chi connectivity index (χ4n) is 3.54. The van der Waals surface area contributed by atoms with Gasteiger partial charge in [0.1, 0.15) is 0 Å². The number of guanidine groups is 1. The number of esters is 1. The second-order valence-electron chi connectivity index (χ2n) is 7.05. The van der Waals surface area contributed by atoms with E-state index in [-0.39, 0.29) is 17.8 Å². The number of nitrogens with one attached hydrogen (secondary N) is 1. The molecule has 0 aromatic carbocycles. The van der Waals surface area contributed by atoms with Gasteiger partial charge in [-0.25, -0.2) is 4.99 Å². The molecule has 2 heterocycles. The highest BCUT2D eigenvalue weighted by atomic mass is 16.5. The highest BCUT2D eigenvalue weighted by molar-refractivity contribution is 5.82. The third-order valence-corrected chi connectivity index (χ3v) is 5.18. The van der Waals surface area contributed by atoms with E-state index in [4.69, 9.17) is 14.5 Å². The molecule has 1 N–H and O–H groups in total. The van der Waals surface area contributed by atoms with Crippen LogP contribution in [0.25, 0.3) is 0 Å². The lowest BCUT2D eigenvalue weighted by Crippen LogP contribution is -2.40. The fourth-order valence-corrected chi connectivity index (χ4v) is 3.54. The molecule has 0 bridgehead atoms. The highest BCUT2D eigenvalue weighted by Crippen LogP contribution is 2.24. The Hall–Kier alpha value is -2.09. The molecule has 0 amide bonds. The van der Waals surface area contributed by atoms with Crippen LogP contribution < -0.4 is 5.32 Å². The highest BCUT2D eigenvalue weighted by Gasteiger charge is 2.36. The number of hydrogen-bond acceptors (Lipinski definition) is 5. The van der Waals surface area contributed by atoms with Crippen molar-refractivity contribution in [2.75, 3.05) is 40.5 Å². The van der Waals surface area contributed by atoms with Gasteiger partial charge in [0.05, 0.1) is 38.4 Å². The number of likely N-dealkylation sites (tertiary alicyclic amines) is 1. The van der Waals surface area contributed by atoms with Crippen LogP contribution in [0.15, 0.2) is 4.99 Å². The first-order valence-corrected chi connectivity index (χ1v) is 9.55. The van der Waals surface area contributed by atoms with Crippen molar-refractivity contribution < 1.29 is 14.3 Å². The van der Waals surface area contributed by atoms with Crippen molar-refractivity contribution in [3.8, 4) is 0 Å². The molecule has 1 aliphatic heterocycles. The molecule has 2 rings (SSSR count). The van der Waals surface area contributed by atoms with Crippen molar-refractivity contribution in [3.05, 3.63) is 17.0 Å². The van der Waals surface area contributed by atoms with Gasteiger partial charge in [-0.2, -0.15) is 5.10 Å². The van der Waals surface area contributed by atoms with E-state index in [1.165, 1.54) is 7.11 Å². The first-order chi connectivity index (χ1) is 12.9. The molecule has 1 aliphatic rings. The van der Waals surface area contributed by atoms with Gasteiger partial charge in [0.25, 0.3) is 0 Å². The molecular formula is C19H33N5O3. The number of methoxy groups -OCH3 is 2. The van der Waals surface area contributed by atoms with Gasteiger partial charge in [0, 0.05) is 38.0 Å². The van der Waals surface area contributed by atoms with Gasteiger partial charge in [-0.3, -0.25) is 9.48 Å². The van der Waals surface area contributed by atoms with Crippen molar-refractivity contribution in [2.24, 2.45) is 16.8 Å². The SMILES string of the molecule is CCNC(=NCc1c(C)nn(CCOC)c1C)N1CC(C)C(C(=O)OC)C1. The van der Waals surface area contributed by atoms with Crippen molar-refractivity contribution in [3.63, 3.8) is 0 Å². The Morgan fingerprint density at radius 2 is 2.07 bits per heavy atom. The van der Waals surface area contributed by atoms with Crippen molar-refractivity contribution in [1.29, 1.82) is 0 Å². The second kappa shape index (κ2) is 9.73. The first kappa shape index (κ1) is 21.2. The Balaban J connectivity index is 2.15. The number of hydrogen-bond donors (Lipinski definition) is 1. The predicted octanol–water partition coefficient (Wildman–Crippen LogP) is 1.35. The summed E-state index contributed by atoms with van der Waals surface area (Å²) in [6, 6.07) is 0. The normalized spacial score (nSPS) is 20.2. The summed E-state index contributed by atoms with van der Waals surface area (Å²) in [7, 11) is 3.14. The third kappa shape index (κ3) is 5.00. The van der Waals surface area contributed by atoms with Gasteiger partial charge in [-0.15, -0.1) is 0 Å². The topological polar surface area (TPSA) is 81.0 Å². The largest absolute Gasteiger partial charge is 0.469 e. The number of rotatable bonds is 7. The number of aryl methyl sites for hydroxylation is 1. The van der Waals surface area contributed by atoms with E-state index in [9.17, 15) is 4.79 Å². The monoisotopic (exact) mass is 379 g/mol. The number of nitrogens with zero attached hydrogens (tertiary/aromatic N) is 4. The smallest absolute Gasteiger partial charge is 0.310 e. The van der Waals surface area contributed by atoms with Gasteiger partial charge >= 0.3 is 5.97 Å². The van der Waals surface area contributed by atoms with Crippen LogP contribution in [0.5, 0.6) is 0 Å². The number of aromatic nitrogens is 2. The number of carbonyl (C=O) groups excluding carboxylic acids is 1. The van der Waals surface area contributed by atoms with Gasteiger partial charge in [0.2, 0.25) is 0 Å². The molecule has 1 aromatic heterocycles. The van der Waals surface area contributed by atoms with Crippen LogP contribution in [0, 0.1) is 25.7 Å². The Bertz CT molecular complexity index is 671. The molecule has 8 heteroatoms. The minimum absolute atomic E-state index is 0.112. The van der Waals surface area contributed by atoms with E-state index in [1.807, 2.05) is 18.5 Å². The van der Waals surface area contributed by atoms with Crippen molar-refractivity contribution in [2.45, 2.75) is 40.8 Å². The molecule has 0 aliphatic carbocycles. The van der Waals surface area contributed by atoms with Crippen molar-refractivity contribution in [1.82, 2.24) is 20.0 Å². The lowest BCUT2D eigenvalue weighted by molar-refractivity contribution is -0.145. The van der Waals surface area contributed by atoms with Crippen LogP contribution in [0.3, 0.4) is 0 Å². The fraction of sp³-hybridized carbons (Fsp3) is 0.737. The number of carbonyl (C=O) groups is 1. The summed E-state index contributed by atoms with van der Waals surface area (Å²) in [5.74, 6) is 0.812. The standard InChI is InChI=1S/C19H33N5O3/c1-7-20-19(23-11-13(2)17(12-23)18(25)27-6)21-10-16-14(3)22-24(15(16)4)8-9-26-5/h13,17H,7-12H2,1-6H3,(H,20,21). The summed E-state index contributed by atoms with van der Waals surface area (Å²) in [5.41, 5.74) is 3.25. The quantitative estimate of drug-likeness (QED) is 0.438. The first-order valence-electron chi connectivity index (χ1n) is 9.55. The van der Waals surface area contributed by atoms with Crippen LogP contribution in [-0.2, 0) is 27.4 Å². The molecule has 0 radical (unpaired) electrons. The molecule has 27 heavy (non-hydrogen) atoms. The van der Waals surface area contributed by atoms with Gasteiger partial charge in [-0.05, 0) is 26.7 Å². The number of ether oxygens (including phenoxy) is 2. The van der Waals surface area contributed by atoms with E-state index in [0.29, 0.717) is 19.7 Å². The molecule has 2 unspecified atom stereocenters. The Morgan fingerprint density at radius 3 is 2.70 bits per heavy atom. The summed E-state index contributed by atoms with van der Waals surface area (Å²) in [6.07, 6.45) is 0. The Labute approximate surface area is 161 Å². The minimum atomic E-state index is -0.146. The van der Waals surface area contributed by atoms with E-state index in [0.717, 1.165) is 42.5 Å². The molecule has 1 fully saturated rings. The van der Waals surface area contributed by atoms with E-state index in [1.54, 1.807) is 7.11 Å². The Morgan fingerprint density at radius 1 is 1.33 bits per heavy atom. The van der Waals surface area contributed by atoms with Crippen LogP contribution in [0.1, 0.15) is 30.8 Å². The summed E-state index contributed by atoms with van der Waals surface area (Å²) < 4.78 is 12.1. The van der Waals surface area contributed by atoms with Crippen LogP contribution in [0.4, 0.5) is 0 Å². The zero-order valence-electron chi connectivity index (χ0n) is 17.4. The van der Waals surface area contributed by atoms with Crippen LogP contribution in [-0.4, -0.2) is 67.1 Å². The average Bonchev–Trinajstić information content (AvgIpc) is 3.16. The lowest BCUT2D eigenvalue weighted by Gasteiger charge is -2.21. The number of aliphatic imine (C=N–C) groups is 1.